The van der Waals surface area contributed by atoms with E-state index in [2.05, 4.69) is 50.2 Å². The molecule has 2 aromatic rings. The van der Waals surface area contributed by atoms with E-state index in [0.29, 0.717) is 0 Å². The highest BCUT2D eigenvalue weighted by Crippen LogP contribution is 2.28. The first kappa shape index (κ1) is 19.8. The van der Waals surface area contributed by atoms with Crippen molar-refractivity contribution in [1.82, 2.24) is 0 Å². The van der Waals surface area contributed by atoms with E-state index in [9.17, 15) is 0 Å². The lowest BCUT2D eigenvalue weighted by molar-refractivity contribution is 0.496. The molecule has 1 heteroatoms. The second-order valence-corrected chi connectivity index (χ2v) is 7.25. The van der Waals surface area contributed by atoms with Gasteiger partial charge in [0.2, 0.25) is 0 Å². The number of furan rings is 1. The van der Waals surface area contributed by atoms with Crippen LogP contribution in [0.15, 0.2) is 40.8 Å². The summed E-state index contributed by atoms with van der Waals surface area (Å²) < 4.78 is 6.29. The van der Waals surface area contributed by atoms with Gasteiger partial charge in [-0.2, -0.15) is 0 Å². The Morgan fingerprint density at radius 1 is 0.680 bits per heavy atom. The summed E-state index contributed by atoms with van der Waals surface area (Å²) in [5.74, 6) is 2.29. The van der Waals surface area contributed by atoms with Crippen molar-refractivity contribution in [2.24, 2.45) is 0 Å². The van der Waals surface area contributed by atoms with Crippen LogP contribution in [-0.2, 0) is 12.8 Å². The average Bonchev–Trinajstić information content (AvgIpc) is 3.05. The van der Waals surface area contributed by atoms with Gasteiger partial charge in [0.1, 0.15) is 11.5 Å². The number of hydrogen-bond acceptors (Lipinski definition) is 1. The highest BCUT2D eigenvalue weighted by Gasteiger charge is 2.12. The summed E-state index contributed by atoms with van der Waals surface area (Å²) in [5.41, 5.74) is 2.65. The molecule has 0 bridgehead atoms. The molecule has 25 heavy (non-hydrogen) atoms. The predicted molar refractivity (Wildman–Crippen MR) is 109 cm³/mol. The Bertz CT molecular complexity index is 536. The van der Waals surface area contributed by atoms with Crippen LogP contribution in [0.3, 0.4) is 0 Å². The van der Waals surface area contributed by atoms with Crippen molar-refractivity contribution in [3.05, 3.63) is 47.7 Å². The lowest BCUT2D eigenvalue weighted by Gasteiger charge is -2.03. The van der Waals surface area contributed by atoms with E-state index >= 15 is 0 Å². The zero-order chi connectivity index (χ0) is 17.7. The highest BCUT2D eigenvalue weighted by molar-refractivity contribution is 5.58. The Labute approximate surface area is 154 Å². The predicted octanol–water partition coefficient (Wildman–Crippen LogP) is 7.97. The Morgan fingerprint density at radius 2 is 1.28 bits per heavy atom. The monoisotopic (exact) mass is 340 g/mol. The summed E-state index contributed by atoms with van der Waals surface area (Å²) >= 11 is 0. The molecule has 1 aromatic carbocycles. The van der Waals surface area contributed by atoms with Gasteiger partial charge in [0.25, 0.3) is 0 Å². The summed E-state index contributed by atoms with van der Waals surface area (Å²) in [6, 6.07) is 12.8. The molecule has 0 radical (unpaired) electrons. The zero-order valence-electron chi connectivity index (χ0n) is 16.4. The maximum Gasteiger partial charge on any atom is 0.134 e. The summed E-state index contributed by atoms with van der Waals surface area (Å²) in [4.78, 5) is 0. The quantitative estimate of drug-likeness (QED) is 0.337. The van der Waals surface area contributed by atoms with Crippen LogP contribution in [0.5, 0.6) is 0 Å². The van der Waals surface area contributed by atoms with E-state index in [1.165, 1.54) is 87.5 Å². The Kier molecular flexibility index (Phi) is 9.47. The van der Waals surface area contributed by atoms with Crippen LogP contribution in [0.2, 0.25) is 0 Å². The van der Waals surface area contributed by atoms with Gasteiger partial charge in [-0.25, -0.2) is 0 Å². The van der Waals surface area contributed by atoms with Crippen LogP contribution in [-0.4, -0.2) is 0 Å². The Balaban J connectivity index is 1.96. The summed E-state index contributed by atoms with van der Waals surface area (Å²) in [7, 11) is 0. The summed E-state index contributed by atoms with van der Waals surface area (Å²) in [5, 5.41) is 0. The maximum absolute atomic E-state index is 6.29. The third kappa shape index (κ3) is 7.10. The van der Waals surface area contributed by atoms with Crippen molar-refractivity contribution in [2.75, 3.05) is 0 Å². The van der Waals surface area contributed by atoms with Gasteiger partial charge in [0.15, 0.2) is 0 Å². The highest BCUT2D eigenvalue weighted by atomic mass is 16.3. The number of hydrogen-bond donors (Lipinski definition) is 0. The molecule has 0 aliphatic rings. The minimum Gasteiger partial charge on any atom is -0.461 e. The maximum atomic E-state index is 6.29. The van der Waals surface area contributed by atoms with E-state index in [-0.39, 0.29) is 0 Å². The van der Waals surface area contributed by atoms with Crippen molar-refractivity contribution in [3.63, 3.8) is 0 Å². The molecule has 1 nitrogen and oxygen atoms in total. The van der Waals surface area contributed by atoms with Gasteiger partial charge in [-0.3, -0.25) is 0 Å². The van der Waals surface area contributed by atoms with Crippen LogP contribution in [0.4, 0.5) is 0 Å². The van der Waals surface area contributed by atoms with Crippen LogP contribution in [0.25, 0.3) is 11.3 Å². The lowest BCUT2D eigenvalue weighted by Crippen LogP contribution is -1.91. The molecule has 0 spiro atoms. The SMILES string of the molecule is CCCCCCCc1cc(-c2ccccc2)oc1CCCCCCC. The molecule has 0 fully saturated rings. The van der Waals surface area contributed by atoms with E-state index in [1.807, 2.05) is 0 Å². The number of unbranched alkanes of at least 4 members (excludes halogenated alkanes) is 8. The van der Waals surface area contributed by atoms with Crippen molar-refractivity contribution in [3.8, 4) is 11.3 Å². The van der Waals surface area contributed by atoms with Gasteiger partial charge in [-0.1, -0.05) is 95.5 Å². The Hall–Kier alpha value is -1.50. The van der Waals surface area contributed by atoms with E-state index < -0.39 is 0 Å². The van der Waals surface area contributed by atoms with Gasteiger partial charge in [0.05, 0.1) is 0 Å². The van der Waals surface area contributed by atoms with Crippen molar-refractivity contribution in [2.45, 2.75) is 90.9 Å². The van der Waals surface area contributed by atoms with Crippen LogP contribution in [0.1, 0.15) is 89.4 Å². The smallest absolute Gasteiger partial charge is 0.134 e. The molecule has 0 aliphatic carbocycles. The van der Waals surface area contributed by atoms with Crippen LogP contribution >= 0.6 is 0 Å². The van der Waals surface area contributed by atoms with Gasteiger partial charge in [-0.05, 0) is 30.9 Å². The van der Waals surface area contributed by atoms with E-state index in [4.69, 9.17) is 4.42 Å². The fourth-order valence-corrected chi connectivity index (χ4v) is 3.44. The third-order valence-electron chi connectivity index (χ3n) is 5.01. The topological polar surface area (TPSA) is 13.1 Å². The van der Waals surface area contributed by atoms with Gasteiger partial charge < -0.3 is 4.42 Å². The first-order valence-electron chi connectivity index (χ1n) is 10.5. The molecule has 138 valence electrons. The van der Waals surface area contributed by atoms with Gasteiger partial charge >= 0.3 is 0 Å². The van der Waals surface area contributed by atoms with Crippen LogP contribution < -0.4 is 0 Å². The molecule has 1 aromatic heterocycles. The Morgan fingerprint density at radius 3 is 1.92 bits per heavy atom. The molecule has 0 amide bonds. The number of aryl methyl sites for hydroxylation is 2. The molecule has 2 rings (SSSR count). The number of rotatable bonds is 13. The molecular weight excluding hydrogens is 304 g/mol. The van der Waals surface area contributed by atoms with E-state index in [1.54, 1.807) is 0 Å². The largest absolute Gasteiger partial charge is 0.461 e. The second-order valence-electron chi connectivity index (χ2n) is 7.25. The van der Waals surface area contributed by atoms with Gasteiger partial charge in [-0.15, -0.1) is 0 Å². The molecule has 0 saturated heterocycles. The second kappa shape index (κ2) is 12.0. The third-order valence-corrected chi connectivity index (χ3v) is 5.01. The average molecular weight is 341 g/mol. The molecule has 1 heterocycles. The molecule has 0 atom stereocenters. The molecule has 0 saturated carbocycles. The van der Waals surface area contributed by atoms with Crippen molar-refractivity contribution < 1.29 is 4.42 Å². The minimum atomic E-state index is 1.05. The fourth-order valence-electron chi connectivity index (χ4n) is 3.44. The zero-order valence-corrected chi connectivity index (χ0v) is 16.4. The first-order chi connectivity index (χ1) is 12.3. The standard InChI is InChI=1S/C24H36O/c1-3-5-7-9-12-18-22-20-24(21-16-13-11-14-17-21)25-23(22)19-15-10-8-6-4-2/h11,13-14,16-17,20H,3-10,12,15,18-19H2,1-2H3. The van der Waals surface area contributed by atoms with Crippen molar-refractivity contribution in [1.29, 1.82) is 0 Å². The molecular formula is C24H36O. The molecule has 0 aliphatic heterocycles. The van der Waals surface area contributed by atoms with Gasteiger partial charge in [0, 0.05) is 12.0 Å². The lowest BCUT2D eigenvalue weighted by atomic mass is 10.0. The summed E-state index contributed by atoms with van der Waals surface area (Å²) in [6.45, 7) is 4.55. The molecule has 0 N–H and O–H groups in total. The number of benzene rings is 1. The first-order valence-corrected chi connectivity index (χ1v) is 10.5. The fraction of sp³-hybridized carbons (Fsp3) is 0.583. The van der Waals surface area contributed by atoms with Crippen LogP contribution in [0, 0.1) is 0 Å². The minimum absolute atomic E-state index is 1.05. The normalized spacial score (nSPS) is 11.1. The van der Waals surface area contributed by atoms with E-state index in [0.717, 1.165) is 12.2 Å². The summed E-state index contributed by atoms with van der Waals surface area (Å²) in [6.07, 6.45) is 15.5. The molecule has 0 unspecified atom stereocenters. The van der Waals surface area contributed by atoms with Crippen molar-refractivity contribution >= 4 is 0 Å².